The highest BCUT2D eigenvalue weighted by atomic mass is 35.5. The minimum atomic E-state index is -3.26. The summed E-state index contributed by atoms with van der Waals surface area (Å²) in [6.07, 6.45) is 3.52. The fourth-order valence-electron chi connectivity index (χ4n) is 5.45. The van der Waals surface area contributed by atoms with Gasteiger partial charge in [-0.3, -0.25) is 14.4 Å². The third-order valence-electron chi connectivity index (χ3n) is 7.58. The number of benzene rings is 1. The van der Waals surface area contributed by atoms with Crippen molar-refractivity contribution in [2.24, 2.45) is 10.9 Å². The maximum Gasteiger partial charge on any atom is 0.405 e. The molecular formula is C30H30ClF2N7O4. The molecular weight excluding hydrogens is 596 g/mol. The molecule has 0 amide bonds. The van der Waals surface area contributed by atoms with Gasteiger partial charge in [-0.25, -0.2) is 13.8 Å². The van der Waals surface area contributed by atoms with E-state index in [-0.39, 0.29) is 39.7 Å². The van der Waals surface area contributed by atoms with E-state index in [1.807, 2.05) is 6.92 Å². The SMILES string of the molecule is C/C=C/N=C(/C(F)=C/n1c(C)cc(C2C(C)C2c2cnn(C(O)(O)O)n2)c(Cl)c1=O)c1cccc(-n2cc(C)nc2C)c1F. The molecule has 0 saturated heterocycles. The largest absolute Gasteiger partial charge is 0.405 e. The third-order valence-corrected chi connectivity index (χ3v) is 7.96. The Balaban J connectivity index is 1.52. The molecule has 0 radical (unpaired) electrons. The van der Waals surface area contributed by atoms with Crippen LogP contribution in [0.4, 0.5) is 8.78 Å². The van der Waals surface area contributed by atoms with Crippen molar-refractivity contribution < 1.29 is 24.1 Å². The molecule has 1 aliphatic carbocycles. The first-order valence-electron chi connectivity index (χ1n) is 13.6. The molecule has 230 valence electrons. The van der Waals surface area contributed by atoms with E-state index in [0.29, 0.717) is 33.3 Å². The van der Waals surface area contributed by atoms with Gasteiger partial charge in [0.15, 0.2) is 11.6 Å². The first-order valence-corrected chi connectivity index (χ1v) is 14.0. The molecule has 11 nitrogen and oxygen atoms in total. The Labute approximate surface area is 255 Å². The highest BCUT2D eigenvalue weighted by Crippen LogP contribution is 2.60. The molecule has 3 N–H and O–H groups in total. The van der Waals surface area contributed by atoms with Crippen molar-refractivity contribution in [2.45, 2.75) is 52.6 Å². The van der Waals surface area contributed by atoms with Gasteiger partial charge in [0, 0.05) is 29.6 Å². The summed E-state index contributed by atoms with van der Waals surface area (Å²) in [5.41, 5.74) is 0.946. The van der Waals surface area contributed by atoms with Gasteiger partial charge in [0.25, 0.3) is 5.56 Å². The van der Waals surface area contributed by atoms with Gasteiger partial charge in [-0.15, -0.1) is 0 Å². The zero-order chi connectivity index (χ0) is 32.1. The molecule has 0 bridgehead atoms. The Morgan fingerprint density at radius 2 is 1.91 bits per heavy atom. The summed E-state index contributed by atoms with van der Waals surface area (Å²) in [7, 11) is 0. The van der Waals surface area contributed by atoms with E-state index in [2.05, 4.69) is 20.2 Å². The number of aliphatic hydroxyl groups is 3. The number of aliphatic imine (C=N–C) groups is 1. The molecule has 14 heteroatoms. The topological polar surface area (TPSA) is 144 Å². The Hall–Kier alpha value is -4.30. The Bertz CT molecular complexity index is 1900. The lowest BCUT2D eigenvalue weighted by molar-refractivity contribution is -0.387. The predicted molar refractivity (Wildman–Crippen MR) is 159 cm³/mol. The van der Waals surface area contributed by atoms with Gasteiger partial charge >= 0.3 is 6.10 Å². The van der Waals surface area contributed by atoms with Gasteiger partial charge in [-0.2, -0.15) is 10.2 Å². The summed E-state index contributed by atoms with van der Waals surface area (Å²) >= 11 is 6.54. The molecule has 1 aromatic carbocycles. The molecule has 3 atom stereocenters. The third kappa shape index (κ3) is 5.66. The van der Waals surface area contributed by atoms with Crippen LogP contribution in [0.2, 0.25) is 5.02 Å². The van der Waals surface area contributed by atoms with Gasteiger partial charge in [-0.05, 0) is 63.3 Å². The summed E-state index contributed by atoms with van der Waals surface area (Å²) < 4.78 is 34.5. The van der Waals surface area contributed by atoms with E-state index >= 15 is 8.78 Å². The maximum absolute atomic E-state index is 16.0. The van der Waals surface area contributed by atoms with Gasteiger partial charge in [-0.1, -0.05) is 35.5 Å². The molecule has 1 aliphatic rings. The second-order valence-electron chi connectivity index (χ2n) is 10.7. The van der Waals surface area contributed by atoms with Crippen molar-refractivity contribution in [3.05, 3.63) is 110 Å². The quantitative estimate of drug-likeness (QED) is 0.197. The maximum atomic E-state index is 16.0. The second kappa shape index (κ2) is 11.7. The zero-order valence-corrected chi connectivity index (χ0v) is 25.2. The average Bonchev–Trinajstić information content (AvgIpc) is 3.25. The number of pyridine rings is 1. The van der Waals surface area contributed by atoms with Crippen LogP contribution in [-0.4, -0.2) is 50.1 Å². The second-order valence-corrected chi connectivity index (χ2v) is 11.1. The summed E-state index contributed by atoms with van der Waals surface area (Å²) in [5, 5.41) is 35.5. The van der Waals surface area contributed by atoms with Crippen molar-refractivity contribution >= 4 is 23.5 Å². The zero-order valence-electron chi connectivity index (χ0n) is 24.4. The van der Waals surface area contributed by atoms with Crippen LogP contribution in [0.3, 0.4) is 0 Å². The molecule has 1 saturated carbocycles. The number of hydrogen-bond donors (Lipinski definition) is 3. The fourth-order valence-corrected chi connectivity index (χ4v) is 5.72. The van der Waals surface area contributed by atoms with Crippen LogP contribution < -0.4 is 5.56 Å². The minimum absolute atomic E-state index is 0.0530. The van der Waals surface area contributed by atoms with Gasteiger partial charge in [0.2, 0.25) is 0 Å². The van der Waals surface area contributed by atoms with Crippen molar-refractivity contribution in [3.63, 3.8) is 0 Å². The van der Waals surface area contributed by atoms with Crippen LogP contribution in [0.1, 0.15) is 59.7 Å². The monoisotopic (exact) mass is 625 g/mol. The minimum Gasteiger partial charge on any atom is -0.323 e. The Kier molecular flexibility index (Phi) is 8.25. The highest BCUT2D eigenvalue weighted by molar-refractivity contribution is 6.31. The number of allylic oxidation sites excluding steroid dienone is 2. The molecule has 44 heavy (non-hydrogen) atoms. The first-order chi connectivity index (χ1) is 20.7. The fraction of sp³-hybridized carbons (Fsp3) is 0.300. The molecule has 5 rings (SSSR count). The smallest absolute Gasteiger partial charge is 0.323 e. The lowest BCUT2D eigenvalue weighted by Gasteiger charge is -2.13. The van der Waals surface area contributed by atoms with Gasteiger partial charge in [0.05, 0.1) is 29.5 Å². The summed E-state index contributed by atoms with van der Waals surface area (Å²) in [5.74, 6) is -1.73. The van der Waals surface area contributed by atoms with E-state index in [1.165, 1.54) is 18.5 Å². The van der Waals surface area contributed by atoms with Crippen LogP contribution in [0.15, 0.2) is 64.5 Å². The lowest BCUT2D eigenvalue weighted by atomic mass is 10.1. The van der Waals surface area contributed by atoms with Crippen LogP contribution in [0.5, 0.6) is 0 Å². The molecule has 3 heterocycles. The highest BCUT2D eigenvalue weighted by Gasteiger charge is 2.51. The van der Waals surface area contributed by atoms with Crippen molar-refractivity contribution in [3.8, 4) is 5.69 Å². The normalized spacial score (nSPS) is 19.3. The Morgan fingerprint density at radius 3 is 2.52 bits per heavy atom. The summed E-state index contributed by atoms with van der Waals surface area (Å²) in [6.45, 7) is 8.70. The number of halogens is 3. The molecule has 0 spiro atoms. The number of nitrogens with zero attached hydrogens (tertiary/aromatic N) is 7. The van der Waals surface area contributed by atoms with Crippen LogP contribution in [0.25, 0.3) is 11.9 Å². The lowest BCUT2D eigenvalue weighted by Crippen LogP contribution is -2.34. The van der Waals surface area contributed by atoms with Gasteiger partial charge < -0.3 is 19.9 Å². The van der Waals surface area contributed by atoms with Crippen LogP contribution in [-0.2, 0) is 6.10 Å². The molecule has 1 fully saturated rings. The number of imidazole rings is 1. The number of aromatic nitrogens is 6. The molecule has 0 aliphatic heterocycles. The summed E-state index contributed by atoms with van der Waals surface area (Å²) in [6, 6.07) is 6.19. The number of rotatable bonds is 8. The average molecular weight is 626 g/mol. The van der Waals surface area contributed by atoms with Crippen molar-refractivity contribution in [2.75, 3.05) is 0 Å². The van der Waals surface area contributed by atoms with Crippen molar-refractivity contribution in [1.82, 2.24) is 29.1 Å². The van der Waals surface area contributed by atoms with Crippen LogP contribution in [0, 0.1) is 32.5 Å². The van der Waals surface area contributed by atoms with E-state index < -0.39 is 23.3 Å². The molecule has 4 aromatic rings. The van der Waals surface area contributed by atoms with E-state index in [1.54, 1.807) is 62.7 Å². The van der Waals surface area contributed by atoms with Crippen molar-refractivity contribution in [1.29, 1.82) is 0 Å². The van der Waals surface area contributed by atoms with E-state index in [4.69, 9.17) is 11.6 Å². The Morgan fingerprint density at radius 1 is 1.18 bits per heavy atom. The predicted octanol–water partition coefficient (Wildman–Crippen LogP) is 4.20. The summed E-state index contributed by atoms with van der Waals surface area (Å²) in [4.78, 5) is 22.3. The van der Waals surface area contributed by atoms with Gasteiger partial charge in [0.1, 0.15) is 16.6 Å². The van der Waals surface area contributed by atoms with Crippen LogP contribution >= 0.6 is 11.6 Å². The number of aryl methyl sites for hydroxylation is 3. The molecule has 3 unspecified atom stereocenters. The van der Waals surface area contributed by atoms with E-state index in [9.17, 15) is 20.1 Å². The first kappa shape index (κ1) is 31.1. The molecule has 3 aromatic heterocycles. The standard InChI is InChI=1S/C30H30ClF2N7O4/c1-6-10-34-28(19-8-7-9-23(27(19)33)39-13-15(2)36-18(39)5)21(32)14-38-16(3)11-20(26(31)29(38)41)24-17(4)25(24)22-12-35-40(37-22)30(42,43)44/h6-14,17,24-25,42-44H,1-5H3/b10-6+,21-14-,34-28+. The van der Waals surface area contributed by atoms with E-state index in [0.717, 1.165) is 10.8 Å². The number of hydrogen-bond acceptors (Lipinski definition) is 8.